The summed E-state index contributed by atoms with van der Waals surface area (Å²) in [6.45, 7) is 7.36. The number of fused-ring (bicyclic) bond motifs is 2. The molecule has 4 aromatic heterocycles. The van der Waals surface area contributed by atoms with E-state index >= 15 is 0 Å². The second-order valence-electron chi connectivity index (χ2n) is 12.2. The molecule has 1 aliphatic heterocycles. The minimum atomic E-state index is -4.21. The van der Waals surface area contributed by atoms with Crippen LogP contribution in [0.4, 0.5) is 11.6 Å². The molecule has 0 spiro atoms. The third-order valence-corrected chi connectivity index (χ3v) is 10.7. The highest BCUT2D eigenvalue weighted by atomic mass is 32.2. The average molecular weight is 672 g/mol. The summed E-state index contributed by atoms with van der Waals surface area (Å²) in [5.74, 6) is 1.19. The number of nitrogens with zero attached hydrogens (tertiary/aromatic N) is 6. The lowest BCUT2D eigenvalue weighted by Crippen LogP contribution is -2.43. The molecule has 4 N–H and O–H groups in total. The van der Waals surface area contributed by atoms with Crippen LogP contribution in [0, 0.1) is 13.8 Å². The molecule has 13 heteroatoms. The van der Waals surface area contributed by atoms with Gasteiger partial charge in [-0.3, -0.25) is 4.79 Å². The van der Waals surface area contributed by atoms with Crippen molar-refractivity contribution in [2.24, 2.45) is 0 Å². The first-order chi connectivity index (χ1) is 23.7. The van der Waals surface area contributed by atoms with Crippen molar-refractivity contribution >= 4 is 49.4 Å². The molecule has 1 fully saturated rings. The molecule has 3 aromatic carbocycles. The minimum absolute atomic E-state index is 0.0514. The Morgan fingerprint density at radius 2 is 1.65 bits per heavy atom. The van der Waals surface area contributed by atoms with Crippen LogP contribution in [0.15, 0.2) is 96.2 Å². The Labute approximate surface area is 282 Å². The number of hydrogen-bond acceptors (Lipinski definition) is 9. The highest BCUT2D eigenvalue weighted by Gasteiger charge is 2.29. The first-order valence-electron chi connectivity index (χ1n) is 15.9. The SMILES string of the molecule is Cc1ccc(S(=O)(=O)n2c(C(=O)c3cnn(-c4ccc5[nH]c(C)nc5c4)c3N)cc3cc(-c4ccc(N5CCNCC5)nc4)ccc32)cc1. The number of carbonyl (C=O) groups excluding carboxylic acids is 1. The molecule has 1 aliphatic rings. The molecule has 0 saturated carbocycles. The molecule has 0 unspecified atom stereocenters. The van der Waals surface area contributed by atoms with Crippen molar-refractivity contribution in [3.05, 3.63) is 114 Å². The van der Waals surface area contributed by atoms with E-state index in [1.165, 1.54) is 10.9 Å². The van der Waals surface area contributed by atoms with Crippen LogP contribution in [0.5, 0.6) is 0 Å². The monoisotopic (exact) mass is 671 g/mol. The maximum absolute atomic E-state index is 14.3. The molecule has 12 nitrogen and oxygen atoms in total. The number of rotatable bonds is 7. The highest BCUT2D eigenvalue weighted by molar-refractivity contribution is 7.90. The molecule has 0 aliphatic carbocycles. The summed E-state index contributed by atoms with van der Waals surface area (Å²) in [5, 5.41) is 8.34. The summed E-state index contributed by atoms with van der Waals surface area (Å²) < 4.78 is 31.1. The number of carbonyl (C=O) groups is 1. The molecule has 49 heavy (non-hydrogen) atoms. The Hall–Kier alpha value is -5.79. The topological polar surface area (TPSA) is 157 Å². The zero-order valence-electron chi connectivity index (χ0n) is 26.9. The zero-order chi connectivity index (χ0) is 33.9. The number of hydrogen-bond donors (Lipinski definition) is 3. The molecule has 0 amide bonds. The molecule has 5 heterocycles. The quantitative estimate of drug-likeness (QED) is 0.202. The van der Waals surface area contributed by atoms with Gasteiger partial charge in [0.1, 0.15) is 23.2 Å². The van der Waals surface area contributed by atoms with Gasteiger partial charge in [0, 0.05) is 43.3 Å². The largest absolute Gasteiger partial charge is 0.383 e. The van der Waals surface area contributed by atoms with Crippen LogP contribution in [0.2, 0.25) is 0 Å². The number of aromatic nitrogens is 6. The minimum Gasteiger partial charge on any atom is -0.383 e. The van der Waals surface area contributed by atoms with Gasteiger partial charge in [0.2, 0.25) is 5.78 Å². The van der Waals surface area contributed by atoms with Crippen LogP contribution >= 0.6 is 0 Å². The van der Waals surface area contributed by atoms with Crippen LogP contribution in [-0.4, -0.2) is 69.1 Å². The number of aromatic amines is 1. The van der Waals surface area contributed by atoms with Crippen LogP contribution in [0.25, 0.3) is 38.8 Å². The number of aryl methyl sites for hydroxylation is 2. The van der Waals surface area contributed by atoms with Gasteiger partial charge in [-0.1, -0.05) is 23.8 Å². The summed E-state index contributed by atoms with van der Waals surface area (Å²) in [4.78, 5) is 29.0. The van der Waals surface area contributed by atoms with E-state index in [2.05, 4.69) is 25.3 Å². The van der Waals surface area contributed by atoms with Crippen molar-refractivity contribution in [1.29, 1.82) is 0 Å². The van der Waals surface area contributed by atoms with Crippen molar-refractivity contribution < 1.29 is 13.2 Å². The van der Waals surface area contributed by atoms with Crippen LogP contribution < -0.4 is 16.0 Å². The standard InChI is InChI=1S/C36H33N9O3S/c1-22-3-8-28(9-4-22)49(47,48)45-32-11-5-24(25-6-12-34(39-20-25)43-15-13-38-14-16-43)17-26(32)18-33(45)35(46)29-21-40-44(36(29)37)27-7-10-30-31(19-27)42-23(2)41-30/h3-12,17-21,38H,13-16,37H2,1-2H3,(H,41,42). The second kappa shape index (κ2) is 11.7. The molecule has 1 saturated heterocycles. The lowest BCUT2D eigenvalue weighted by Gasteiger charge is -2.28. The van der Waals surface area contributed by atoms with Crippen molar-refractivity contribution in [3.8, 4) is 16.8 Å². The van der Waals surface area contributed by atoms with Gasteiger partial charge in [-0.15, -0.1) is 0 Å². The van der Waals surface area contributed by atoms with Crippen molar-refractivity contribution in [2.75, 3.05) is 36.8 Å². The Balaban J connectivity index is 1.22. The van der Waals surface area contributed by atoms with Gasteiger partial charge >= 0.3 is 0 Å². The first kappa shape index (κ1) is 30.5. The number of nitrogen functional groups attached to an aromatic ring is 1. The maximum Gasteiger partial charge on any atom is 0.268 e. The number of nitrogens with two attached hydrogens (primary N) is 1. The van der Waals surface area contributed by atoms with Gasteiger partial charge in [-0.2, -0.15) is 5.10 Å². The van der Waals surface area contributed by atoms with Gasteiger partial charge in [-0.05, 0) is 80.1 Å². The smallest absolute Gasteiger partial charge is 0.268 e. The number of piperazine rings is 1. The summed E-state index contributed by atoms with van der Waals surface area (Å²) in [6.07, 6.45) is 3.19. The molecule has 0 bridgehead atoms. The van der Waals surface area contributed by atoms with E-state index in [4.69, 9.17) is 10.7 Å². The molecule has 7 aromatic rings. The Morgan fingerprint density at radius 3 is 2.41 bits per heavy atom. The third-order valence-electron chi connectivity index (χ3n) is 8.95. The van der Waals surface area contributed by atoms with E-state index in [1.54, 1.807) is 36.4 Å². The predicted molar refractivity (Wildman–Crippen MR) is 190 cm³/mol. The Morgan fingerprint density at radius 1 is 0.878 bits per heavy atom. The summed E-state index contributed by atoms with van der Waals surface area (Å²) >= 11 is 0. The second-order valence-corrected chi connectivity index (χ2v) is 14.0. The Kier molecular flexibility index (Phi) is 7.30. The number of imidazole rings is 1. The van der Waals surface area contributed by atoms with Gasteiger partial charge in [0.25, 0.3) is 10.0 Å². The lowest BCUT2D eigenvalue weighted by molar-refractivity contribution is 0.103. The van der Waals surface area contributed by atoms with Crippen molar-refractivity contribution in [3.63, 3.8) is 0 Å². The van der Waals surface area contributed by atoms with E-state index in [9.17, 15) is 13.2 Å². The molecular formula is C36H33N9O3S. The molecule has 246 valence electrons. The number of nitrogens with one attached hydrogen (secondary N) is 2. The van der Waals surface area contributed by atoms with Crippen LogP contribution in [0.3, 0.4) is 0 Å². The number of benzene rings is 3. The van der Waals surface area contributed by atoms with Crippen LogP contribution in [0.1, 0.15) is 27.4 Å². The molecular weight excluding hydrogens is 639 g/mol. The van der Waals surface area contributed by atoms with E-state index in [0.717, 1.165) is 69.5 Å². The van der Waals surface area contributed by atoms with Crippen molar-refractivity contribution in [1.82, 2.24) is 34.0 Å². The van der Waals surface area contributed by atoms with E-state index in [1.807, 2.05) is 62.5 Å². The summed E-state index contributed by atoms with van der Waals surface area (Å²) in [7, 11) is -4.21. The number of ketones is 1. The average Bonchev–Trinajstić information content (AvgIpc) is 3.82. The predicted octanol–water partition coefficient (Wildman–Crippen LogP) is 4.84. The molecule has 0 atom stereocenters. The molecule has 8 rings (SSSR count). The number of pyridine rings is 1. The van der Waals surface area contributed by atoms with Gasteiger partial charge in [0.05, 0.1) is 38.9 Å². The first-order valence-corrected chi connectivity index (χ1v) is 17.4. The molecule has 0 radical (unpaired) electrons. The summed E-state index contributed by atoms with van der Waals surface area (Å²) in [5.41, 5.74) is 11.8. The van der Waals surface area contributed by atoms with Crippen LogP contribution in [-0.2, 0) is 10.0 Å². The van der Waals surface area contributed by atoms with E-state index < -0.39 is 15.8 Å². The van der Waals surface area contributed by atoms with Gasteiger partial charge < -0.3 is 20.9 Å². The third kappa shape index (κ3) is 5.32. The lowest BCUT2D eigenvalue weighted by atomic mass is 10.1. The van der Waals surface area contributed by atoms with Gasteiger partial charge in [0.15, 0.2) is 0 Å². The fourth-order valence-corrected chi connectivity index (χ4v) is 7.88. The van der Waals surface area contributed by atoms with E-state index in [0.29, 0.717) is 16.6 Å². The van der Waals surface area contributed by atoms with Crippen molar-refractivity contribution in [2.45, 2.75) is 18.7 Å². The van der Waals surface area contributed by atoms with E-state index in [-0.39, 0.29) is 22.0 Å². The number of H-pyrrole nitrogens is 1. The Bertz CT molecular complexity index is 2490. The van der Waals surface area contributed by atoms with Gasteiger partial charge in [-0.25, -0.2) is 27.0 Å². The zero-order valence-corrected chi connectivity index (χ0v) is 27.7. The summed E-state index contributed by atoms with van der Waals surface area (Å²) in [6, 6.07) is 23.1. The fraction of sp³-hybridized carbons (Fsp3) is 0.167. The normalized spacial score (nSPS) is 13.8. The number of anilines is 2. The maximum atomic E-state index is 14.3. The highest BCUT2D eigenvalue weighted by Crippen LogP contribution is 2.33. The fourth-order valence-electron chi connectivity index (χ4n) is 6.37.